The third kappa shape index (κ3) is 3.08. The van der Waals surface area contributed by atoms with Crippen LogP contribution in [0.2, 0.25) is 0 Å². The van der Waals surface area contributed by atoms with Crippen molar-refractivity contribution >= 4 is 17.1 Å². The van der Waals surface area contributed by atoms with Crippen LogP contribution in [0.4, 0.5) is 19.1 Å². The number of fused-ring (bicyclic) bond motifs is 1. The lowest BCUT2D eigenvalue weighted by Gasteiger charge is -2.21. The topological polar surface area (TPSA) is 148 Å². The molecule has 2 aromatic heterocycles. The van der Waals surface area contributed by atoms with Crippen LogP contribution in [-0.2, 0) is 11.3 Å². The quantitative estimate of drug-likeness (QED) is 0.533. The summed E-state index contributed by atoms with van der Waals surface area (Å²) in [6.07, 6.45) is -11.4. The minimum atomic E-state index is -4.95. The first kappa shape index (κ1) is 19.0. The number of H-pyrrole nitrogens is 1. The van der Waals surface area contributed by atoms with Crippen LogP contribution in [0.3, 0.4) is 0 Å². The molecule has 2 aliphatic rings. The van der Waals surface area contributed by atoms with Crippen molar-refractivity contribution in [1.82, 2.24) is 19.1 Å². The molecule has 1 unspecified atom stereocenters. The molecule has 0 bridgehead atoms. The summed E-state index contributed by atoms with van der Waals surface area (Å²) < 4.78 is 45.6. The molecule has 10 nitrogen and oxygen atoms in total. The Morgan fingerprint density at radius 1 is 1.36 bits per heavy atom. The van der Waals surface area contributed by atoms with Gasteiger partial charge < -0.3 is 20.7 Å². The van der Waals surface area contributed by atoms with Crippen molar-refractivity contribution in [1.29, 1.82) is 0 Å². The van der Waals surface area contributed by atoms with Crippen LogP contribution in [0, 0.1) is 5.92 Å². The zero-order valence-electron chi connectivity index (χ0n) is 14.4. The molecular formula is C15H18F3N5O5. The zero-order valence-corrected chi connectivity index (χ0v) is 14.4. The molecule has 1 aliphatic heterocycles. The Morgan fingerprint density at radius 2 is 2.04 bits per heavy atom. The number of nitrogens with one attached hydrogen (secondary N) is 1. The number of imidazole rings is 1. The van der Waals surface area contributed by atoms with Gasteiger partial charge in [-0.05, 0) is 18.8 Å². The summed E-state index contributed by atoms with van der Waals surface area (Å²) in [7, 11) is 0. The number of rotatable bonds is 4. The van der Waals surface area contributed by atoms with E-state index in [1.54, 1.807) is 0 Å². The standard InChI is InChI=1S/C15H18F3N5O5/c16-15(17,18)9(25)7-3-6(24)12(28-7)23-10-8(11(26)21-13(19)20-10)22(14(23)27)4-5-1-2-5/h5-7,9,12,24-25H,1-4H2,(H3,19,20,21,26)/t6-,7+,9?,12-/m1/s1. The van der Waals surface area contributed by atoms with E-state index in [9.17, 15) is 33.0 Å². The van der Waals surface area contributed by atoms with Gasteiger partial charge in [0.15, 0.2) is 23.5 Å². The molecule has 4 rings (SSSR count). The molecule has 4 atom stereocenters. The van der Waals surface area contributed by atoms with Crippen molar-refractivity contribution in [2.24, 2.45) is 5.92 Å². The number of aromatic amines is 1. The molecule has 0 radical (unpaired) electrons. The first-order valence-electron chi connectivity index (χ1n) is 8.66. The summed E-state index contributed by atoms with van der Waals surface area (Å²) in [6.45, 7) is 0.231. The van der Waals surface area contributed by atoms with Gasteiger partial charge >= 0.3 is 11.9 Å². The number of aliphatic hydroxyl groups excluding tert-OH is 2. The summed E-state index contributed by atoms with van der Waals surface area (Å²) in [6, 6.07) is 0. The Labute approximate surface area is 154 Å². The van der Waals surface area contributed by atoms with Gasteiger partial charge in [0.1, 0.15) is 6.10 Å². The van der Waals surface area contributed by atoms with Gasteiger partial charge in [0.25, 0.3) is 5.56 Å². The zero-order chi connectivity index (χ0) is 20.4. The molecule has 0 spiro atoms. The van der Waals surface area contributed by atoms with Crippen LogP contribution >= 0.6 is 0 Å². The molecule has 154 valence electrons. The van der Waals surface area contributed by atoms with Crippen molar-refractivity contribution in [2.75, 3.05) is 5.73 Å². The lowest BCUT2D eigenvalue weighted by atomic mass is 10.1. The fourth-order valence-corrected chi connectivity index (χ4v) is 3.48. The predicted molar refractivity (Wildman–Crippen MR) is 88.3 cm³/mol. The summed E-state index contributed by atoms with van der Waals surface area (Å²) in [5.74, 6) is -0.0999. The van der Waals surface area contributed by atoms with E-state index in [4.69, 9.17) is 10.5 Å². The van der Waals surface area contributed by atoms with Gasteiger partial charge in [-0.2, -0.15) is 18.2 Å². The molecule has 1 saturated heterocycles. The first-order chi connectivity index (χ1) is 13.1. The van der Waals surface area contributed by atoms with Crippen LogP contribution in [0.25, 0.3) is 11.2 Å². The van der Waals surface area contributed by atoms with E-state index >= 15 is 0 Å². The molecule has 2 fully saturated rings. The lowest BCUT2D eigenvalue weighted by Crippen LogP contribution is -2.40. The fourth-order valence-electron chi connectivity index (χ4n) is 3.48. The average molecular weight is 405 g/mol. The van der Waals surface area contributed by atoms with E-state index in [2.05, 4.69) is 9.97 Å². The number of anilines is 1. The number of aliphatic hydroxyl groups is 2. The second kappa shape index (κ2) is 6.32. The molecule has 1 aliphatic carbocycles. The number of hydrogen-bond donors (Lipinski definition) is 4. The van der Waals surface area contributed by atoms with Crippen LogP contribution in [0.15, 0.2) is 9.59 Å². The van der Waals surface area contributed by atoms with Gasteiger partial charge in [0.2, 0.25) is 5.95 Å². The molecule has 28 heavy (non-hydrogen) atoms. The second-order valence-corrected chi connectivity index (χ2v) is 7.18. The first-order valence-corrected chi connectivity index (χ1v) is 8.66. The number of nitrogens with zero attached hydrogens (tertiary/aromatic N) is 3. The van der Waals surface area contributed by atoms with E-state index in [1.165, 1.54) is 4.57 Å². The molecular weight excluding hydrogens is 387 g/mol. The van der Waals surface area contributed by atoms with Gasteiger partial charge in [-0.1, -0.05) is 0 Å². The SMILES string of the molecule is Nc1nc2c(c(=O)[nH]1)n(CC1CC1)c(=O)n2[C@@H]1O[C@H](C(O)C(F)(F)F)C[C@H]1O. The maximum atomic E-state index is 12.9. The molecule has 1 saturated carbocycles. The fraction of sp³-hybridized carbons (Fsp3) is 0.667. The highest BCUT2D eigenvalue weighted by Crippen LogP contribution is 2.36. The number of nitrogen functional groups attached to an aromatic ring is 1. The Hall–Kier alpha value is -2.38. The predicted octanol–water partition coefficient (Wildman–Crippen LogP) is -0.550. The Balaban J connectivity index is 1.81. The van der Waals surface area contributed by atoms with E-state index in [-0.39, 0.29) is 29.6 Å². The minimum absolute atomic E-state index is 0.0956. The average Bonchev–Trinajstić information content (AvgIpc) is 3.27. The van der Waals surface area contributed by atoms with Crippen LogP contribution in [-0.4, -0.2) is 53.8 Å². The van der Waals surface area contributed by atoms with Gasteiger partial charge in [-0.25, -0.2) is 9.36 Å². The maximum Gasteiger partial charge on any atom is 0.416 e. The monoisotopic (exact) mass is 405 g/mol. The largest absolute Gasteiger partial charge is 0.416 e. The third-order valence-electron chi connectivity index (χ3n) is 5.03. The molecule has 3 heterocycles. The summed E-state index contributed by atoms with van der Waals surface area (Å²) in [5.41, 5.74) is 3.82. The normalized spacial score (nSPS) is 26.8. The Morgan fingerprint density at radius 3 is 2.64 bits per heavy atom. The number of aromatic nitrogens is 4. The van der Waals surface area contributed by atoms with Crippen molar-refractivity contribution < 1.29 is 28.1 Å². The molecule has 5 N–H and O–H groups in total. The third-order valence-corrected chi connectivity index (χ3v) is 5.03. The number of alkyl halides is 3. The smallest absolute Gasteiger partial charge is 0.388 e. The van der Waals surface area contributed by atoms with E-state index in [0.29, 0.717) is 0 Å². The maximum absolute atomic E-state index is 12.9. The molecule has 13 heteroatoms. The van der Waals surface area contributed by atoms with E-state index in [0.717, 1.165) is 17.4 Å². The van der Waals surface area contributed by atoms with Gasteiger partial charge in [0, 0.05) is 13.0 Å². The van der Waals surface area contributed by atoms with Gasteiger partial charge in [-0.3, -0.25) is 14.3 Å². The van der Waals surface area contributed by atoms with Crippen LogP contribution in [0.5, 0.6) is 0 Å². The summed E-state index contributed by atoms with van der Waals surface area (Å²) >= 11 is 0. The van der Waals surface area contributed by atoms with Gasteiger partial charge in [0.05, 0.1) is 6.10 Å². The van der Waals surface area contributed by atoms with Crippen molar-refractivity contribution in [3.63, 3.8) is 0 Å². The highest BCUT2D eigenvalue weighted by atomic mass is 19.4. The highest BCUT2D eigenvalue weighted by Gasteiger charge is 2.50. The molecule has 0 aromatic carbocycles. The van der Waals surface area contributed by atoms with Crippen molar-refractivity contribution in [3.8, 4) is 0 Å². The Kier molecular flexibility index (Phi) is 4.28. The van der Waals surface area contributed by atoms with Gasteiger partial charge in [-0.15, -0.1) is 0 Å². The molecule has 2 aromatic rings. The Bertz CT molecular complexity index is 1020. The number of nitrogens with two attached hydrogens (primary N) is 1. The number of ether oxygens (including phenoxy) is 1. The van der Waals surface area contributed by atoms with Crippen LogP contribution < -0.4 is 17.0 Å². The van der Waals surface area contributed by atoms with E-state index in [1.807, 2.05) is 0 Å². The van der Waals surface area contributed by atoms with E-state index < -0.39 is 48.4 Å². The van der Waals surface area contributed by atoms with Crippen LogP contribution in [0.1, 0.15) is 25.5 Å². The molecule has 0 amide bonds. The second-order valence-electron chi connectivity index (χ2n) is 7.18. The highest BCUT2D eigenvalue weighted by molar-refractivity contribution is 5.71. The lowest BCUT2D eigenvalue weighted by molar-refractivity contribution is -0.237. The number of halogens is 3. The van der Waals surface area contributed by atoms with Crippen molar-refractivity contribution in [2.45, 2.75) is 56.5 Å². The summed E-state index contributed by atoms with van der Waals surface area (Å²) in [4.78, 5) is 31.5. The van der Waals surface area contributed by atoms with Crippen molar-refractivity contribution in [3.05, 3.63) is 20.8 Å². The minimum Gasteiger partial charge on any atom is -0.388 e. The number of hydrogen-bond acceptors (Lipinski definition) is 7. The summed E-state index contributed by atoms with van der Waals surface area (Å²) in [5, 5.41) is 19.7.